The van der Waals surface area contributed by atoms with E-state index in [1.807, 2.05) is 36.4 Å². The van der Waals surface area contributed by atoms with Crippen LogP contribution in [0.4, 0.5) is 17.1 Å². The molecule has 1 heterocycles. The number of benzene rings is 2. The minimum absolute atomic E-state index is 0.0722. The molecule has 0 bridgehead atoms. The van der Waals surface area contributed by atoms with Gasteiger partial charge in [-0.15, -0.1) is 0 Å². The van der Waals surface area contributed by atoms with Crippen LogP contribution < -0.4 is 10.2 Å². The molecule has 19 heavy (non-hydrogen) atoms. The van der Waals surface area contributed by atoms with Gasteiger partial charge in [0, 0.05) is 5.69 Å². The zero-order valence-corrected chi connectivity index (χ0v) is 10.9. The molecule has 2 aromatic rings. The molecule has 0 saturated heterocycles. The van der Waals surface area contributed by atoms with Gasteiger partial charge in [0.15, 0.2) is 0 Å². The highest BCUT2D eigenvalue weighted by Gasteiger charge is 2.24. The van der Waals surface area contributed by atoms with Gasteiger partial charge in [0.1, 0.15) is 0 Å². The normalized spacial score (nSPS) is 13.9. The summed E-state index contributed by atoms with van der Waals surface area (Å²) in [5.41, 5.74) is 4.13. The third kappa shape index (κ3) is 2.08. The summed E-state index contributed by atoms with van der Waals surface area (Å²) in [6.45, 7) is 2.47. The van der Waals surface area contributed by atoms with Gasteiger partial charge in [0.2, 0.25) is 0 Å². The van der Waals surface area contributed by atoms with Crippen molar-refractivity contribution in [1.82, 2.24) is 0 Å². The van der Waals surface area contributed by atoms with Crippen molar-refractivity contribution < 1.29 is 4.79 Å². The maximum Gasteiger partial charge on any atom is 0.250 e. The monoisotopic (exact) mass is 252 g/mol. The Morgan fingerprint density at radius 1 is 1.11 bits per heavy atom. The smallest absolute Gasteiger partial charge is 0.250 e. The second-order valence-electron chi connectivity index (χ2n) is 4.62. The van der Waals surface area contributed by atoms with Crippen LogP contribution >= 0.6 is 0 Å². The number of carbonyl (C=O) groups is 1. The van der Waals surface area contributed by atoms with E-state index in [9.17, 15) is 4.79 Å². The zero-order chi connectivity index (χ0) is 13.2. The van der Waals surface area contributed by atoms with Crippen LogP contribution in [0.25, 0.3) is 0 Å². The van der Waals surface area contributed by atoms with Crippen molar-refractivity contribution in [3.8, 4) is 0 Å². The predicted octanol–water partition coefficient (Wildman–Crippen LogP) is 3.34. The third-order valence-corrected chi connectivity index (χ3v) is 3.43. The summed E-state index contributed by atoms with van der Waals surface area (Å²) in [5.74, 6) is 0.0722. The highest BCUT2D eigenvalue weighted by Crippen LogP contribution is 2.34. The van der Waals surface area contributed by atoms with E-state index in [2.05, 4.69) is 24.4 Å². The van der Waals surface area contributed by atoms with Crippen molar-refractivity contribution in [2.45, 2.75) is 13.3 Å². The van der Waals surface area contributed by atoms with E-state index in [1.165, 1.54) is 5.56 Å². The zero-order valence-electron chi connectivity index (χ0n) is 10.9. The molecule has 0 spiro atoms. The molecule has 1 amide bonds. The Bertz CT molecular complexity index is 604. The van der Waals surface area contributed by atoms with Crippen molar-refractivity contribution in [1.29, 1.82) is 0 Å². The number of rotatable bonds is 2. The van der Waals surface area contributed by atoms with Crippen LogP contribution in [0.1, 0.15) is 12.5 Å². The molecule has 96 valence electrons. The van der Waals surface area contributed by atoms with Gasteiger partial charge >= 0.3 is 0 Å². The van der Waals surface area contributed by atoms with Gasteiger partial charge in [-0.25, -0.2) is 0 Å². The topological polar surface area (TPSA) is 32.3 Å². The van der Waals surface area contributed by atoms with E-state index >= 15 is 0 Å². The Labute approximate surface area is 112 Å². The van der Waals surface area contributed by atoms with Crippen LogP contribution in [0.5, 0.6) is 0 Å². The predicted molar refractivity (Wildman–Crippen MR) is 77.9 cm³/mol. The van der Waals surface area contributed by atoms with Crippen molar-refractivity contribution in [3.63, 3.8) is 0 Å². The molecule has 1 aliphatic heterocycles. The Morgan fingerprint density at radius 3 is 2.58 bits per heavy atom. The van der Waals surface area contributed by atoms with Gasteiger partial charge in [-0.2, -0.15) is 0 Å². The van der Waals surface area contributed by atoms with Gasteiger partial charge in [-0.1, -0.05) is 31.2 Å². The number of para-hydroxylation sites is 2. The van der Waals surface area contributed by atoms with Gasteiger partial charge in [0.05, 0.1) is 17.9 Å². The lowest BCUT2D eigenvalue weighted by Gasteiger charge is -2.30. The van der Waals surface area contributed by atoms with E-state index in [0.29, 0.717) is 6.54 Å². The Hall–Kier alpha value is -2.29. The van der Waals surface area contributed by atoms with Crippen molar-refractivity contribution >= 4 is 23.0 Å². The summed E-state index contributed by atoms with van der Waals surface area (Å²) >= 11 is 0. The maximum absolute atomic E-state index is 12.2. The van der Waals surface area contributed by atoms with Crippen LogP contribution in [0.15, 0.2) is 48.5 Å². The Balaban J connectivity index is 2.05. The van der Waals surface area contributed by atoms with E-state index in [0.717, 1.165) is 23.5 Å². The van der Waals surface area contributed by atoms with Crippen LogP contribution in [0.2, 0.25) is 0 Å². The van der Waals surface area contributed by atoms with Crippen molar-refractivity contribution in [2.75, 3.05) is 16.8 Å². The number of nitrogens with zero attached hydrogens (tertiary/aromatic N) is 1. The fraction of sp³-hybridized carbons (Fsp3) is 0.188. The second-order valence-corrected chi connectivity index (χ2v) is 4.62. The first-order chi connectivity index (χ1) is 9.29. The lowest BCUT2D eigenvalue weighted by Crippen LogP contribution is -2.36. The molecule has 0 unspecified atom stereocenters. The van der Waals surface area contributed by atoms with E-state index < -0.39 is 0 Å². The SMILES string of the molecule is CCc1ccc(N2C(=O)CNc3ccccc32)cc1. The van der Waals surface area contributed by atoms with Gasteiger partial charge in [-0.3, -0.25) is 9.69 Å². The number of carbonyl (C=O) groups excluding carboxylic acids is 1. The van der Waals surface area contributed by atoms with E-state index in [-0.39, 0.29) is 5.91 Å². The summed E-state index contributed by atoms with van der Waals surface area (Å²) in [6.07, 6.45) is 1.01. The third-order valence-electron chi connectivity index (χ3n) is 3.43. The van der Waals surface area contributed by atoms with E-state index in [1.54, 1.807) is 4.90 Å². The number of nitrogens with one attached hydrogen (secondary N) is 1. The standard InChI is InChI=1S/C16H16N2O/c1-2-12-7-9-13(10-8-12)18-15-6-4-3-5-14(15)17-11-16(18)19/h3-10,17H,2,11H2,1H3. The Morgan fingerprint density at radius 2 is 1.84 bits per heavy atom. The molecule has 3 heteroatoms. The molecule has 2 aromatic carbocycles. The van der Waals surface area contributed by atoms with Crippen LogP contribution in [-0.2, 0) is 11.2 Å². The molecule has 1 aliphatic rings. The van der Waals surface area contributed by atoms with E-state index in [4.69, 9.17) is 0 Å². The van der Waals surface area contributed by atoms with Crippen LogP contribution in [0.3, 0.4) is 0 Å². The average Bonchev–Trinajstić information content (AvgIpc) is 2.47. The van der Waals surface area contributed by atoms with Gasteiger partial charge in [0.25, 0.3) is 5.91 Å². The molecule has 0 saturated carbocycles. The molecule has 3 nitrogen and oxygen atoms in total. The number of hydrogen-bond donors (Lipinski definition) is 1. The minimum atomic E-state index is 0.0722. The first-order valence-electron chi connectivity index (χ1n) is 6.54. The summed E-state index contributed by atoms with van der Waals surface area (Å²) in [4.78, 5) is 14.0. The number of anilines is 3. The summed E-state index contributed by atoms with van der Waals surface area (Å²) in [5, 5.41) is 3.14. The molecule has 3 rings (SSSR count). The fourth-order valence-electron chi connectivity index (χ4n) is 2.37. The molecule has 0 aliphatic carbocycles. The second kappa shape index (κ2) is 4.76. The van der Waals surface area contributed by atoms with Crippen molar-refractivity contribution in [2.24, 2.45) is 0 Å². The number of aryl methyl sites for hydroxylation is 1. The minimum Gasteiger partial charge on any atom is -0.374 e. The lowest BCUT2D eigenvalue weighted by atomic mass is 10.1. The molecule has 0 atom stereocenters. The molecule has 1 N–H and O–H groups in total. The van der Waals surface area contributed by atoms with Gasteiger partial charge < -0.3 is 5.32 Å². The first kappa shape index (κ1) is 11.8. The largest absolute Gasteiger partial charge is 0.374 e. The molecule has 0 radical (unpaired) electrons. The highest BCUT2D eigenvalue weighted by molar-refractivity contribution is 6.08. The van der Waals surface area contributed by atoms with Gasteiger partial charge in [-0.05, 0) is 36.2 Å². The molecule has 0 fully saturated rings. The van der Waals surface area contributed by atoms with Crippen LogP contribution in [-0.4, -0.2) is 12.5 Å². The summed E-state index contributed by atoms with van der Waals surface area (Å²) in [6, 6.07) is 16.1. The average molecular weight is 252 g/mol. The highest BCUT2D eigenvalue weighted by atomic mass is 16.2. The maximum atomic E-state index is 12.2. The summed E-state index contributed by atoms with van der Waals surface area (Å²) < 4.78 is 0. The summed E-state index contributed by atoms with van der Waals surface area (Å²) in [7, 11) is 0. The first-order valence-corrected chi connectivity index (χ1v) is 6.54. The quantitative estimate of drug-likeness (QED) is 0.889. The number of fused-ring (bicyclic) bond motifs is 1. The van der Waals surface area contributed by atoms with Crippen molar-refractivity contribution in [3.05, 3.63) is 54.1 Å². The Kier molecular flexibility index (Phi) is 2.95. The molecular weight excluding hydrogens is 236 g/mol. The lowest BCUT2D eigenvalue weighted by molar-refractivity contribution is -0.116. The fourth-order valence-corrected chi connectivity index (χ4v) is 2.37. The number of amides is 1. The molecular formula is C16H16N2O. The molecule has 0 aromatic heterocycles. The van der Waals surface area contributed by atoms with Crippen LogP contribution in [0, 0.1) is 0 Å². The number of hydrogen-bond acceptors (Lipinski definition) is 2.